The molecule has 0 saturated carbocycles. The molecule has 1 aliphatic carbocycles. The lowest BCUT2D eigenvalue weighted by molar-refractivity contribution is 0.204. The topological polar surface area (TPSA) is 30.7 Å². The summed E-state index contributed by atoms with van der Waals surface area (Å²) >= 11 is 0. The predicted molar refractivity (Wildman–Crippen MR) is 74.6 cm³/mol. The van der Waals surface area contributed by atoms with Crippen molar-refractivity contribution in [3.8, 4) is 0 Å². The highest BCUT2D eigenvalue weighted by atomic mass is 15.4. The van der Waals surface area contributed by atoms with Gasteiger partial charge in [-0.15, -0.1) is 5.10 Å². The van der Waals surface area contributed by atoms with Crippen LogP contribution < -0.4 is 0 Å². The highest BCUT2D eigenvalue weighted by Gasteiger charge is 2.27. The molecule has 0 radical (unpaired) electrons. The van der Waals surface area contributed by atoms with Gasteiger partial charge >= 0.3 is 0 Å². The number of aromatic nitrogens is 3. The maximum Gasteiger partial charge on any atom is 0.0859 e. The van der Waals surface area contributed by atoms with E-state index in [9.17, 15) is 0 Å². The van der Waals surface area contributed by atoms with Crippen LogP contribution in [0.25, 0.3) is 0 Å². The summed E-state index contributed by atoms with van der Waals surface area (Å²) in [5.41, 5.74) is 3.06. The van der Waals surface area contributed by atoms with E-state index >= 15 is 0 Å². The van der Waals surface area contributed by atoms with Crippen LogP contribution in [0.5, 0.6) is 0 Å². The summed E-state index contributed by atoms with van der Waals surface area (Å²) in [5, 5.41) is 8.74. The van der Waals surface area contributed by atoms with Crippen LogP contribution in [0.2, 0.25) is 0 Å². The van der Waals surface area contributed by atoms with E-state index in [4.69, 9.17) is 0 Å². The summed E-state index contributed by atoms with van der Waals surface area (Å²) < 4.78 is 2.12. The first kappa shape index (κ1) is 13.6. The highest BCUT2D eigenvalue weighted by molar-refractivity contribution is 5.12. The fourth-order valence-electron chi connectivity index (χ4n) is 3.05. The third-order valence-electron chi connectivity index (χ3n) is 4.28. The van der Waals surface area contributed by atoms with Crippen LogP contribution in [0.15, 0.2) is 0 Å². The monoisotopic (exact) mass is 249 g/mol. The standard InChI is InChI=1S/C15H27N3/c1-11(2)18-14-8-6-7-12(15(3,4)5)9-10-13(14)16-17-18/h11-12H,6-10H2,1-5H3. The van der Waals surface area contributed by atoms with Gasteiger partial charge in [0, 0.05) is 6.04 Å². The molecule has 0 fully saturated rings. The van der Waals surface area contributed by atoms with Crippen molar-refractivity contribution in [2.24, 2.45) is 11.3 Å². The van der Waals surface area contributed by atoms with Crippen molar-refractivity contribution >= 4 is 0 Å². The van der Waals surface area contributed by atoms with Crippen molar-refractivity contribution in [3.63, 3.8) is 0 Å². The third-order valence-corrected chi connectivity index (χ3v) is 4.28. The van der Waals surface area contributed by atoms with E-state index in [2.05, 4.69) is 49.6 Å². The van der Waals surface area contributed by atoms with Crippen molar-refractivity contribution in [1.29, 1.82) is 0 Å². The molecule has 0 bridgehead atoms. The Balaban J connectivity index is 2.17. The minimum atomic E-state index is 0.422. The molecule has 0 saturated heterocycles. The van der Waals surface area contributed by atoms with E-state index in [1.54, 1.807) is 0 Å². The molecule has 3 heteroatoms. The van der Waals surface area contributed by atoms with Gasteiger partial charge in [-0.05, 0) is 57.3 Å². The molecule has 0 spiro atoms. The molecular weight excluding hydrogens is 222 g/mol. The average Bonchev–Trinajstić information content (AvgIpc) is 2.58. The maximum absolute atomic E-state index is 4.41. The van der Waals surface area contributed by atoms with Gasteiger partial charge in [-0.2, -0.15) is 0 Å². The molecule has 0 aliphatic heterocycles. The second-order valence-electron chi connectivity index (χ2n) is 7.02. The predicted octanol–water partition coefficient (Wildman–Crippen LogP) is 3.79. The fraction of sp³-hybridized carbons (Fsp3) is 0.867. The molecule has 0 aromatic carbocycles. The van der Waals surface area contributed by atoms with Crippen LogP contribution in [0.1, 0.15) is 71.3 Å². The number of hydrogen-bond acceptors (Lipinski definition) is 2. The van der Waals surface area contributed by atoms with Crippen LogP contribution in [-0.4, -0.2) is 15.0 Å². The minimum Gasteiger partial charge on any atom is -0.247 e. The zero-order chi connectivity index (χ0) is 13.3. The Bertz CT molecular complexity index is 398. The number of nitrogens with zero attached hydrogens (tertiary/aromatic N) is 3. The molecule has 0 amide bonds. The molecule has 1 unspecified atom stereocenters. The zero-order valence-electron chi connectivity index (χ0n) is 12.5. The first-order valence-corrected chi connectivity index (χ1v) is 7.32. The molecule has 1 atom stereocenters. The summed E-state index contributed by atoms with van der Waals surface area (Å²) in [7, 11) is 0. The molecule has 1 aromatic rings. The summed E-state index contributed by atoms with van der Waals surface area (Å²) in [6.45, 7) is 11.5. The Hall–Kier alpha value is -0.860. The van der Waals surface area contributed by atoms with Gasteiger partial charge in [0.15, 0.2) is 0 Å². The Labute approximate surface area is 111 Å². The average molecular weight is 249 g/mol. The first-order valence-electron chi connectivity index (χ1n) is 7.32. The van der Waals surface area contributed by atoms with Crippen molar-refractivity contribution in [2.75, 3.05) is 0 Å². The minimum absolute atomic E-state index is 0.422. The lowest BCUT2D eigenvalue weighted by Crippen LogP contribution is -2.23. The van der Waals surface area contributed by atoms with Gasteiger partial charge in [-0.1, -0.05) is 26.0 Å². The molecule has 102 valence electrons. The van der Waals surface area contributed by atoms with Gasteiger partial charge in [0.05, 0.1) is 11.4 Å². The Kier molecular flexibility index (Phi) is 3.79. The van der Waals surface area contributed by atoms with Crippen molar-refractivity contribution in [2.45, 2.75) is 72.8 Å². The summed E-state index contributed by atoms with van der Waals surface area (Å²) in [6, 6.07) is 0.430. The normalized spacial score (nSPS) is 21.6. The van der Waals surface area contributed by atoms with Crippen molar-refractivity contribution < 1.29 is 0 Å². The van der Waals surface area contributed by atoms with E-state index in [-0.39, 0.29) is 0 Å². The number of hydrogen-bond donors (Lipinski definition) is 0. The van der Waals surface area contributed by atoms with Gasteiger partial charge < -0.3 is 0 Å². The van der Waals surface area contributed by atoms with Crippen LogP contribution >= 0.6 is 0 Å². The largest absolute Gasteiger partial charge is 0.247 e. The lowest BCUT2D eigenvalue weighted by atomic mass is 9.74. The maximum atomic E-state index is 4.41. The van der Waals surface area contributed by atoms with E-state index in [0.717, 1.165) is 18.8 Å². The Morgan fingerprint density at radius 2 is 1.89 bits per heavy atom. The van der Waals surface area contributed by atoms with Crippen molar-refractivity contribution in [3.05, 3.63) is 11.4 Å². The highest BCUT2D eigenvalue weighted by Crippen LogP contribution is 2.35. The van der Waals surface area contributed by atoms with E-state index < -0.39 is 0 Å². The molecule has 18 heavy (non-hydrogen) atoms. The van der Waals surface area contributed by atoms with Crippen LogP contribution in [-0.2, 0) is 12.8 Å². The third kappa shape index (κ3) is 2.76. The zero-order valence-corrected chi connectivity index (χ0v) is 12.5. The second-order valence-corrected chi connectivity index (χ2v) is 7.02. The molecular formula is C15H27N3. The summed E-state index contributed by atoms with van der Waals surface area (Å²) in [6.07, 6.45) is 6.12. The lowest BCUT2D eigenvalue weighted by Gasteiger charge is -2.32. The molecule has 1 aromatic heterocycles. The van der Waals surface area contributed by atoms with E-state index in [1.165, 1.54) is 30.7 Å². The van der Waals surface area contributed by atoms with Crippen LogP contribution in [0, 0.1) is 11.3 Å². The van der Waals surface area contributed by atoms with Gasteiger partial charge in [-0.25, -0.2) is 4.68 Å². The fourth-order valence-corrected chi connectivity index (χ4v) is 3.05. The summed E-state index contributed by atoms with van der Waals surface area (Å²) in [5.74, 6) is 0.815. The Morgan fingerprint density at radius 3 is 2.50 bits per heavy atom. The number of rotatable bonds is 1. The second kappa shape index (κ2) is 5.02. The Morgan fingerprint density at radius 1 is 1.17 bits per heavy atom. The van der Waals surface area contributed by atoms with Crippen molar-refractivity contribution in [1.82, 2.24) is 15.0 Å². The number of aryl methyl sites for hydroxylation is 1. The molecule has 1 heterocycles. The van der Waals surface area contributed by atoms with Crippen LogP contribution in [0.4, 0.5) is 0 Å². The van der Waals surface area contributed by atoms with E-state index in [1.807, 2.05) is 0 Å². The quantitative estimate of drug-likeness (QED) is 0.758. The molecule has 0 N–H and O–H groups in total. The van der Waals surface area contributed by atoms with Gasteiger partial charge in [0.25, 0.3) is 0 Å². The van der Waals surface area contributed by atoms with Gasteiger partial charge in [0.1, 0.15) is 0 Å². The van der Waals surface area contributed by atoms with Crippen LogP contribution in [0.3, 0.4) is 0 Å². The molecule has 2 rings (SSSR count). The first-order chi connectivity index (χ1) is 8.39. The number of fused-ring (bicyclic) bond motifs is 1. The van der Waals surface area contributed by atoms with Gasteiger partial charge in [0.2, 0.25) is 0 Å². The van der Waals surface area contributed by atoms with E-state index in [0.29, 0.717) is 11.5 Å². The smallest absolute Gasteiger partial charge is 0.0859 e. The van der Waals surface area contributed by atoms with Gasteiger partial charge in [-0.3, -0.25) is 0 Å². The molecule has 3 nitrogen and oxygen atoms in total. The SMILES string of the molecule is CC(C)n1nnc2c1CCCC(C(C)(C)C)CC2. The molecule has 1 aliphatic rings. The summed E-state index contributed by atoms with van der Waals surface area (Å²) in [4.78, 5) is 0.